The predicted octanol–water partition coefficient (Wildman–Crippen LogP) is 4.75. The molecule has 0 saturated heterocycles. The van der Waals surface area contributed by atoms with E-state index in [1.54, 1.807) is 25.3 Å². The van der Waals surface area contributed by atoms with Gasteiger partial charge in [-0.15, -0.1) is 0 Å². The van der Waals surface area contributed by atoms with E-state index in [4.69, 9.17) is 27.9 Å². The molecule has 0 atom stereocenters. The minimum Gasteiger partial charge on any atom is -0.497 e. The van der Waals surface area contributed by atoms with Gasteiger partial charge in [-0.3, -0.25) is 4.79 Å². The van der Waals surface area contributed by atoms with Crippen molar-refractivity contribution in [2.24, 2.45) is 0 Å². The number of carbonyl (C=O) groups is 1. The Kier molecular flexibility index (Phi) is 5.66. The Morgan fingerprint density at radius 1 is 1.10 bits per heavy atom. The Balaban J connectivity index is 1.91. The van der Waals surface area contributed by atoms with Crippen molar-refractivity contribution >= 4 is 29.0 Å². The molecule has 2 aromatic rings. The topological polar surface area (TPSA) is 26.3 Å². The maximum atomic E-state index is 12.0. The molecule has 2 aromatic carbocycles. The summed E-state index contributed by atoms with van der Waals surface area (Å²) >= 11 is 12.0. The molecule has 0 spiro atoms. The number of methoxy groups -OCH3 is 1. The highest BCUT2D eigenvalue weighted by atomic mass is 35.5. The van der Waals surface area contributed by atoms with E-state index < -0.39 is 0 Å². The molecule has 0 radical (unpaired) electrons. The van der Waals surface area contributed by atoms with Gasteiger partial charge < -0.3 is 4.74 Å². The first-order chi connectivity index (χ1) is 10.1. The summed E-state index contributed by atoms with van der Waals surface area (Å²) in [7, 11) is 1.63. The second-order valence-electron chi connectivity index (χ2n) is 4.80. The smallest absolute Gasteiger partial charge is 0.137 e. The van der Waals surface area contributed by atoms with Gasteiger partial charge in [0.25, 0.3) is 0 Å². The molecule has 2 rings (SSSR count). The van der Waals surface area contributed by atoms with E-state index in [1.165, 1.54) is 0 Å². The molecule has 0 bridgehead atoms. The summed E-state index contributed by atoms with van der Waals surface area (Å²) in [6, 6.07) is 12.9. The normalized spacial score (nSPS) is 10.4. The van der Waals surface area contributed by atoms with Crippen LogP contribution in [0.1, 0.15) is 17.5 Å². The van der Waals surface area contributed by atoms with Crippen LogP contribution in [0, 0.1) is 0 Å². The molecule has 0 N–H and O–H groups in total. The molecule has 0 heterocycles. The second kappa shape index (κ2) is 7.48. The summed E-state index contributed by atoms with van der Waals surface area (Å²) in [4.78, 5) is 12.0. The zero-order valence-electron chi connectivity index (χ0n) is 11.7. The molecule has 0 amide bonds. The van der Waals surface area contributed by atoms with Crippen molar-refractivity contribution in [1.29, 1.82) is 0 Å². The monoisotopic (exact) mass is 322 g/mol. The van der Waals surface area contributed by atoms with E-state index in [9.17, 15) is 4.79 Å². The second-order valence-corrected chi connectivity index (χ2v) is 5.64. The van der Waals surface area contributed by atoms with Gasteiger partial charge in [0.2, 0.25) is 0 Å². The van der Waals surface area contributed by atoms with Crippen LogP contribution >= 0.6 is 23.2 Å². The van der Waals surface area contributed by atoms with Crippen LogP contribution < -0.4 is 4.74 Å². The van der Waals surface area contributed by atoms with Crippen LogP contribution in [0.15, 0.2) is 42.5 Å². The summed E-state index contributed by atoms with van der Waals surface area (Å²) in [5.74, 6) is 0.964. The Morgan fingerprint density at radius 3 is 2.48 bits per heavy atom. The fourth-order valence-electron chi connectivity index (χ4n) is 2.06. The first-order valence-corrected chi connectivity index (χ1v) is 7.42. The molecular formula is C17H16Cl2O2. The summed E-state index contributed by atoms with van der Waals surface area (Å²) in [6.45, 7) is 0. The van der Waals surface area contributed by atoms with Gasteiger partial charge in [0, 0.05) is 22.9 Å². The van der Waals surface area contributed by atoms with Crippen LogP contribution in [0.4, 0.5) is 0 Å². The van der Waals surface area contributed by atoms with E-state index in [1.807, 2.05) is 24.3 Å². The molecule has 0 aliphatic carbocycles. The van der Waals surface area contributed by atoms with Gasteiger partial charge in [-0.05, 0) is 47.9 Å². The molecule has 0 aliphatic rings. The average Bonchev–Trinajstić information content (AvgIpc) is 2.49. The molecule has 0 fully saturated rings. The number of aryl methyl sites for hydroxylation is 1. The van der Waals surface area contributed by atoms with Crippen molar-refractivity contribution < 1.29 is 9.53 Å². The summed E-state index contributed by atoms with van der Waals surface area (Å²) in [6.07, 6.45) is 1.51. The number of halogens is 2. The van der Waals surface area contributed by atoms with Crippen molar-refractivity contribution in [2.45, 2.75) is 19.3 Å². The number of rotatable bonds is 6. The molecule has 110 valence electrons. The minimum absolute atomic E-state index is 0.148. The number of benzene rings is 2. The Bertz CT molecular complexity index is 621. The predicted molar refractivity (Wildman–Crippen MR) is 86.5 cm³/mol. The van der Waals surface area contributed by atoms with Gasteiger partial charge in [-0.2, -0.15) is 0 Å². The lowest BCUT2D eigenvalue weighted by Gasteiger charge is -2.06. The first kappa shape index (κ1) is 15.9. The zero-order chi connectivity index (χ0) is 15.2. The number of ether oxygens (including phenoxy) is 1. The highest BCUT2D eigenvalue weighted by Gasteiger charge is 2.08. The summed E-state index contributed by atoms with van der Waals surface area (Å²) < 4.78 is 5.10. The molecule has 0 unspecified atom stereocenters. The SMILES string of the molecule is COc1ccc(CCC(=O)Cc2cc(Cl)ccc2Cl)cc1. The lowest BCUT2D eigenvalue weighted by Crippen LogP contribution is -2.05. The van der Waals surface area contributed by atoms with Crippen LogP contribution in [0.25, 0.3) is 0 Å². The molecule has 21 heavy (non-hydrogen) atoms. The van der Waals surface area contributed by atoms with Crippen LogP contribution in [-0.2, 0) is 17.6 Å². The standard InChI is InChI=1S/C17H16Cl2O2/c1-21-16-7-3-12(4-8-16)2-6-15(20)11-13-10-14(18)5-9-17(13)19/h3-5,7-10H,2,6,11H2,1H3. The highest BCUT2D eigenvalue weighted by molar-refractivity contribution is 6.33. The third kappa shape index (κ3) is 4.76. The molecule has 4 heteroatoms. The van der Waals surface area contributed by atoms with Gasteiger partial charge in [-0.1, -0.05) is 35.3 Å². The van der Waals surface area contributed by atoms with Gasteiger partial charge in [0.05, 0.1) is 7.11 Å². The maximum absolute atomic E-state index is 12.0. The molecule has 2 nitrogen and oxygen atoms in total. The Morgan fingerprint density at radius 2 is 1.81 bits per heavy atom. The van der Waals surface area contributed by atoms with E-state index in [0.717, 1.165) is 16.9 Å². The average molecular weight is 323 g/mol. The van der Waals surface area contributed by atoms with Crippen LogP contribution in [0.2, 0.25) is 10.0 Å². The lowest BCUT2D eigenvalue weighted by atomic mass is 10.0. The minimum atomic E-state index is 0.148. The van der Waals surface area contributed by atoms with Crippen molar-refractivity contribution in [3.8, 4) is 5.75 Å². The summed E-state index contributed by atoms with van der Waals surface area (Å²) in [5, 5.41) is 1.18. The number of hydrogen-bond donors (Lipinski definition) is 0. The molecule has 0 saturated carbocycles. The summed E-state index contributed by atoms with van der Waals surface area (Å²) in [5.41, 5.74) is 1.89. The third-order valence-electron chi connectivity index (χ3n) is 3.25. The Labute approximate surface area is 134 Å². The van der Waals surface area contributed by atoms with Crippen molar-refractivity contribution in [3.05, 3.63) is 63.6 Å². The van der Waals surface area contributed by atoms with Crippen LogP contribution in [0.5, 0.6) is 5.75 Å². The zero-order valence-corrected chi connectivity index (χ0v) is 13.2. The van der Waals surface area contributed by atoms with Crippen molar-refractivity contribution in [3.63, 3.8) is 0 Å². The Hall–Kier alpha value is -1.51. The van der Waals surface area contributed by atoms with Crippen LogP contribution in [0.3, 0.4) is 0 Å². The van der Waals surface area contributed by atoms with Gasteiger partial charge in [0.15, 0.2) is 0 Å². The van der Waals surface area contributed by atoms with E-state index in [-0.39, 0.29) is 5.78 Å². The van der Waals surface area contributed by atoms with Crippen molar-refractivity contribution in [2.75, 3.05) is 7.11 Å². The van der Waals surface area contributed by atoms with E-state index >= 15 is 0 Å². The van der Waals surface area contributed by atoms with Crippen LogP contribution in [-0.4, -0.2) is 12.9 Å². The van der Waals surface area contributed by atoms with Gasteiger partial charge in [-0.25, -0.2) is 0 Å². The first-order valence-electron chi connectivity index (χ1n) is 6.67. The van der Waals surface area contributed by atoms with Gasteiger partial charge in [0.1, 0.15) is 11.5 Å². The fourth-order valence-corrected chi connectivity index (χ4v) is 2.43. The molecule has 0 aliphatic heterocycles. The number of Topliss-reactive ketones (excluding diaryl/α,β-unsaturated/α-hetero) is 1. The lowest BCUT2D eigenvalue weighted by molar-refractivity contribution is -0.118. The molecular weight excluding hydrogens is 307 g/mol. The largest absolute Gasteiger partial charge is 0.497 e. The number of hydrogen-bond acceptors (Lipinski definition) is 2. The quantitative estimate of drug-likeness (QED) is 0.767. The number of ketones is 1. The fraction of sp³-hybridized carbons (Fsp3) is 0.235. The highest BCUT2D eigenvalue weighted by Crippen LogP contribution is 2.22. The van der Waals surface area contributed by atoms with Gasteiger partial charge >= 0.3 is 0 Å². The van der Waals surface area contributed by atoms with E-state index in [0.29, 0.717) is 29.3 Å². The third-order valence-corrected chi connectivity index (χ3v) is 3.85. The molecule has 0 aromatic heterocycles. The maximum Gasteiger partial charge on any atom is 0.137 e. The number of carbonyl (C=O) groups excluding carboxylic acids is 1. The van der Waals surface area contributed by atoms with E-state index in [2.05, 4.69) is 0 Å². The van der Waals surface area contributed by atoms with Crippen molar-refractivity contribution in [1.82, 2.24) is 0 Å².